The van der Waals surface area contributed by atoms with E-state index in [2.05, 4.69) is 16.0 Å². The molecule has 2 atom stereocenters. The Labute approximate surface area is 195 Å². The van der Waals surface area contributed by atoms with Crippen LogP contribution in [0.15, 0.2) is 0 Å². The lowest BCUT2D eigenvalue weighted by atomic mass is 10.0. The van der Waals surface area contributed by atoms with Crippen LogP contribution in [-0.2, 0) is 23.1 Å². The number of hydrogen-bond donors (Lipinski definition) is 1. The molecule has 8 nitrogen and oxygen atoms in total. The molecule has 0 aliphatic carbocycles. The Morgan fingerprint density at radius 3 is 1.88 bits per heavy atom. The van der Waals surface area contributed by atoms with Gasteiger partial charge in [-0.25, -0.2) is 0 Å². The van der Waals surface area contributed by atoms with E-state index in [9.17, 15) is 19.4 Å². The lowest BCUT2D eigenvalue weighted by Crippen LogP contribution is -2.25. The molecule has 0 aliphatic rings. The molecule has 0 aliphatic heterocycles. The first-order chi connectivity index (χ1) is 15.3. The summed E-state index contributed by atoms with van der Waals surface area (Å²) in [6, 6.07) is 0. The number of esters is 1. The average molecular weight is 481 g/mol. The Kier molecular flexibility index (Phi) is 20.7. The van der Waals surface area contributed by atoms with E-state index in [1.807, 2.05) is 0 Å². The van der Waals surface area contributed by atoms with Gasteiger partial charge in [-0.3, -0.25) is 9.36 Å². The SMILES string of the molecule is CCCCCCCCCCCCCCCC(=O)OCC(O)COP(=O)([O-])OCCN(C)C. The highest BCUT2D eigenvalue weighted by atomic mass is 31.2. The number of carbonyl (C=O) groups is 1. The van der Waals surface area contributed by atoms with E-state index in [1.165, 1.54) is 64.2 Å². The summed E-state index contributed by atoms with van der Waals surface area (Å²) >= 11 is 0. The standard InChI is InChI=1S/C23H48NO7P/c1-4-5-6-7-8-9-10-11-12-13-14-15-16-17-23(26)29-20-22(25)21-31-32(27,28)30-19-18-24(2)3/h22,25H,4-21H2,1-3H3,(H,27,28)/p-1. The highest BCUT2D eigenvalue weighted by Crippen LogP contribution is 2.37. The third kappa shape index (κ3) is 22.7. The lowest BCUT2D eigenvalue weighted by molar-refractivity contribution is -0.227. The van der Waals surface area contributed by atoms with Gasteiger partial charge in [-0.15, -0.1) is 0 Å². The van der Waals surface area contributed by atoms with Crippen molar-refractivity contribution < 1.29 is 33.1 Å². The van der Waals surface area contributed by atoms with Crippen molar-refractivity contribution in [3.05, 3.63) is 0 Å². The quantitative estimate of drug-likeness (QED) is 0.130. The number of unbranched alkanes of at least 4 members (excludes halogenated alkanes) is 12. The second-order valence-corrected chi connectivity index (χ2v) is 10.1. The van der Waals surface area contributed by atoms with Crippen LogP contribution < -0.4 is 4.89 Å². The molecule has 0 aromatic carbocycles. The van der Waals surface area contributed by atoms with E-state index in [0.717, 1.165) is 19.3 Å². The molecule has 0 heterocycles. The van der Waals surface area contributed by atoms with Gasteiger partial charge in [0.15, 0.2) is 0 Å². The van der Waals surface area contributed by atoms with E-state index in [4.69, 9.17) is 4.74 Å². The molecule has 0 radical (unpaired) electrons. The van der Waals surface area contributed by atoms with Gasteiger partial charge in [0.1, 0.15) is 12.7 Å². The van der Waals surface area contributed by atoms with E-state index >= 15 is 0 Å². The summed E-state index contributed by atoms with van der Waals surface area (Å²) in [6.45, 7) is 1.84. The fourth-order valence-electron chi connectivity index (χ4n) is 3.15. The number of carbonyl (C=O) groups excluding carboxylic acids is 1. The second kappa shape index (κ2) is 21.1. The molecule has 0 saturated carbocycles. The molecule has 2 unspecified atom stereocenters. The van der Waals surface area contributed by atoms with Crippen molar-refractivity contribution in [1.29, 1.82) is 0 Å². The van der Waals surface area contributed by atoms with Crippen LogP contribution in [0.2, 0.25) is 0 Å². The molecule has 0 aromatic heterocycles. The Morgan fingerprint density at radius 2 is 1.38 bits per heavy atom. The van der Waals surface area contributed by atoms with Gasteiger partial charge in [-0.1, -0.05) is 84.0 Å². The summed E-state index contributed by atoms with van der Waals surface area (Å²) in [5, 5.41) is 9.73. The summed E-state index contributed by atoms with van der Waals surface area (Å²) in [7, 11) is -0.896. The Morgan fingerprint density at radius 1 is 0.875 bits per heavy atom. The molecular weight excluding hydrogens is 433 g/mol. The van der Waals surface area contributed by atoms with Gasteiger partial charge < -0.3 is 28.7 Å². The molecule has 0 aromatic rings. The molecule has 0 spiro atoms. The maximum atomic E-state index is 11.7. The van der Waals surface area contributed by atoms with Crippen LogP contribution in [0.3, 0.4) is 0 Å². The molecule has 1 N–H and O–H groups in total. The summed E-state index contributed by atoms with van der Waals surface area (Å²) in [6.07, 6.45) is 15.2. The molecule has 0 rings (SSSR count). The fourth-order valence-corrected chi connectivity index (χ4v) is 3.88. The number of hydrogen-bond acceptors (Lipinski definition) is 8. The maximum absolute atomic E-state index is 11.7. The van der Waals surface area contributed by atoms with Crippen LogP contribution in [0.1, 0.15) is 96.8 Å². The zero-order valence-corrected chi connectivity index (χ0v) is 21.5. The third-order valence-electron chi connectivity index (χ3n) is 5.13. The molecule has 192 valence electrons. The van der Waals surface area contributed by atoms with Crippen molar-refractivity contribution in [2.24, 2.45) is 0 Å². The number of phosphoric ester groups is 1. The second-order valence-electron chi connectivity index (χ2n) is 8.71. The summed E-state index contributed by atoms with van der Waals surface area (Å²) in [5.74, 6) is -0.389. The number of rotatable bonds is 23. The molecular formula is C23H47NO7P-. The minimum atomic E-state index is -4.47. The van der Waals surface area contributed by atoms with Crippen LogP contribution >= 0.6 is 7.82 Å². The smallest absolute Gasteiger partial charge is 0.305 e. The van der Waals surface area contributed by atoms with Gasteiger partial charge in [-0.05, 0) is 20.5 Å². The van der Waals surface area contributed by atoms with Gasteiger partial charge >= 0.3 is 5.97 Å². The van der Waals surface area contributed by atoms with Gasteiger partial charge in [-0.2, -0.15) is 0 Å². The van der Waals surface area contributed by atoms with Crippen molar-refractivity contribution in [3.63, 3.8) is 0 Å². The summed E-state index contributed by atoms with van der Waals surface area (Å²) in [4.78, 5) is 25.1. The van der Waals surface area contributed by atoms with Crippen LogP contribution in [0.25, 0.3) is 0 Å². The first-order valence-corrected chi connectivity index (χ1v) is 13.8. The number of likely N-dealkylation sites (N-methyl/N-ethyl adjacent to an activating group) is 1. The van der Waals surface area contributed by atoms with Crippen molar-refractivity contribution in [2.75, 3.05) is 40.5 Å². The Hall–Kier alpha value is -0.500. The van der Waals surface area contributed by atoms with E-state index in [1.54, 1.807) is 19.0 Å². The van der Waals surface area contributed by atoms with Gasteiger partial charge in [0, 0.05) is 13.0 Å². The predicted octanol–water partition coefficient (Wildman–Crippen LogP) is 4.44. The minimum absolute atomic E-state index is 0.0298. The average Bonchev–Trinajstić information content (AvgIpc) is 2.73. The number of ether oxygens (including phenoxy) is 1. The topological polar surface area (TPSA) is 108 Å². The van der Waals surface area contributed by atoms with Gasteiger partial charge in [0.2, 0.25) is 0 Å². The normalized spacial score (nSPS) is 14.4. The largest absolute Gasteiger partial charge is 0.756 e. The zero-order chi connectivity index (χ0) is 24.1. The highest BCUT2D eigenvalue weighted by Gasteiger charge is 2.15. The first-order valence-electron chi connectivity index (χ1n) is 12.4. The number of aliphatic hydroxyl groups excluding tert-OH is 1. The first kappa shape index (κ1) is 31.5. The molecule has 0 saturated heterocycles. The van der Waals surface area contributed by atoms with Gasteiger partial charge in [0.25, 0.3) is 7.82 Å². The molecule has 0 fully saturated rings. The molecule has 0 bridgehead atoms. The van der Waals surface area contributed by atoms with E-state index < -0.39 is 20.5 Å². The maximum Gasteiger partial charge on any atom is 0.305 e. The Bertz CT molecular complexity index is 491. The van der Waals surface area contributed by atoms with Crippen molar-refractivity contribution in [2.45, 2.75) is 103 Å². The molecule has 32 heavy (non-hydrogen) atoms. The summed E-state index contributed by atoms with van der Waals surface area (Å²) in [5.41, 5.74) is 0. The molecule has 0 amide bonds. The van der Waals surface area contributed by atoms with Crippen molar-refractivity contribution in [3.8, 4) is 0 Å². The van der Waals surface area contributed by atoms with Crippen LogP contribution in [0.5, 0.6) is 0 Å². The van der Waals surface area contributed by atoms with Crippen LogP contribution in [0.4, 0.5) is 0 Å². The van der Waals surface area contributed by atoms with E-state index in [0.29, 0.717) is 13.0 Å². The van der Waals surface area contributed by atoms with Crippen molar-refractivity contribution in [1.82, 2.24) is 4.90 Å². The van der Waals surface area contributed by atoms with E-state index in [-0.39, 0.29) is 19.2 Å². The number of aliphatic hydroxyl groups is 1. The number of phosphoric acid groups is 1. The Balaban J connectivity index is 3.52. The fraction of sp³-hybridized carbons (Fsp3) is 0.957. The zero-order valence-electron chi connectivity index (χ0n) is 20.6. The monoisotopic (exact) mass is 480 g/mol. The molecule has 9 heteroatoms. The lowest BCUT2D eigenvalue weighted by Gasteiger charge is -2.24. The third-order valence-corrected chi connectivity index (χ3v) is 6.10. The highest BCUT2D eigenvalue weighted by molar-refractivity contribution is 7.45. The van der Waals surface area contributed by atoms with Crippen molar-refractivity contribution >= 4 is 13.8 Å². The minimum Gasteiger partial charge on any atom is -0.756 e. The van der Waals surface area contributed by atoms with Crippen LogP contribution in [0, 0.1) is 0 Å². The predicted molar refractivity (Wildman–Crippen MR) is 125 cm³/mol. The van der Waals surface area contributed by atoms with Gasteiger partial charge in [0.05, 0.1) is 13.2 Å². The number of nitrogens with zero attached hydrogens (tertiary/aromatic N) is 1. The van der Waals surface area contributed by atoms with Crippen LogP contribution in [-0.4, -0.2) is 62.5 Å². The summed E-state index contributed by atoms with van der Waals surface area (Å²) < 4.78 is 25.8.